The molecule has 0 aromatic carbocycles. The molecule has 0 saturated carbocycles. The van der Waals surface area contributed by atoms with Crippen LogP contribution in [0.2, 0.25) is 0 Å². The predicted molar refractivity (Wildman–Crippen MR) is 56.5 cm³/mol. The van der Waals surface area contributed by atoms with Crippen LogP contribution in [0.4, 0.5) is 0 Å². The monoisotopic (exact) mass is 216 g/mol. The number of rotatable bonds is 6. The van der Waals surface area contributed by atoms with Crippen molar-refractivity contribution in [3.63, 3.8) is 0 Å². The second-order valence-corrected chi connectivity index (χ2v) is 3.88. The van der Waals surface area contributed by atoms with Gasteiger partial charge in [-0.05, 0) is 19.4 Å². The fraction of sp³-hybridized carbons (Fsp3) is 0.900. The fourth-order valence-electron chi connectivity index (χ4n) is 1.66. The molecule has 2 atom stereocenters. The van der Waals surface area contributed by atoms with E-state index in [0.29, 0.717) is 19.6 Å². The highest BCUT2D eigenvalue weighted by Crippen LogP contribution is 2.06. The first-order valence-corrected chi connectivity index (χ1v) is 5.39. The van der Waals surface area contributed by atoms with Gasteiger partial charge in [-0.1, -0.05) is 0 Å². The number of hydrogen-bond acceptors (Lipinski definition) is 4. The van der Waals surface area contributed by atoms with E-state index >= 15 is 0 Å². The Balaban J connectivity index is 2.06. The molecule has 0 bridgehead atoms. The minimum atomic E-state index is -0.489. The van der Waals surface area contributed by atoms with E-state index in [4.69, 9.17) is 4.74 Å². The van der Waals surface area contributed by atoms with Gasteiger partial charge >= 0.3 is 0 Å². The van der Waals surface area contributed by atoms with Crippen molar-refractivity contribution < 1.29 is 14.6 Å². The molecule has 15 heavy (non-hydrogen) atoms. The maximum atomic E-state index is 11.5. The van der Waals surface area contributed by atoms with Crippen molar-refractivity contribution in [2.24, 2.45) is 5.92 Å². The minimum absolute atomic E-state index is 0.0876. The molecular weight excluding hydrogens is 196 g/mol. The summed E-state index contributed by atoms with van der Waals surface area (Å²) in [7, 11) is 1.55. The summed E-state index contributed by atoms with van der Waals surface area (Å²) in [5, 5.41) is 15.3. The molecule has 1 heterocycles. The zero-order valence-corrected chi connectivity index (χ0v) is 9.16. The molecule has 1 fully saturated rings. The van der Waals surface area contributed by atoms with Crippen molar-refractivity contribution in [3.05, 3.63) is 0 Å². The van der Waals surface area contributed by atoms with Gasteiger partial charge in [-0.25, -0.2) is 0 Å². The Kier molecular flexibility index (Phi) is 5.60. The molecule has 1 aliphatic heterocycles. The fourth-order valence-corrected chi connectivity index (χ4v) is 1.66. The summed E-state index contributed by atoms with van der Waals surface area (Å²) < 4.78 is 4.79. The van der Waals surface area contributed by atoms with E-state index in [1.807, 2.05) is 0 Å². The summed E-state index contributed by atoms with van der Waals surface area (Å²) >= 11 is 0. The summed E-state index contributed by atoms with van der Waals surface area (Å²) in [6, 6.07) is 0. The third-order valence-electron chi connectivity index (χ3n) is 2.57. The van der Waals surface area contributed by atoms with Crippen molar-refractivity contribution in [2.45, 2.75) is 18.9 Å². The molecular formula is C10H20N2O3. The van der Waals surface area contributed by atoms with Gasteiger partial charge in [0.05, 0.1) is 18.6 Å². The van der Waals surface area contributed by atoms with Gasteiger partial charge in [-0.15, -0.1) is 0 Å². The van der Waals surface area contributed by atoms with Crippen LogP contribution in [-0.2, 0) is 9.53 Å². The van der Waals surface area contributed by atoms with Crippen LogP contribution in [0.3, 0.4) is 0 Å². The number of carbonyl (C=O) groups is 1. The van der Waals surface area contributed by atoms with Crippen LogP contribution in [0.15, 0.2) is 0 Å². The normalized spacial score (nSPS) is 22.7. The van der Waals surface area contributed by atoms with E-state index in [1.165, 1.54) is 0 Å². The van der Waals surface area contributed by atoms with Gasteiger partial charge in [0.25, 0.3) is 0 Å². The van der Waals surface area contributed by atoms with Crippen LogP contribution in [0, 0.1) is 5.92 Å². The van der Waals surface area contributed by atoms with Gasteiger partial charge in [-0.3, -0.25) is 4.79 Å². The maximum absolute atomic E-state index is 11.5. The van der Waals surface area contributed by atoms with E-state index in [9.17, 15) is 9.90 Å². The van der Waals surface area contributed by atoms with Crippen molar-refractivity contribution >= 4 is 5.91 Å². The lowest BCUT2D eigenvalue weighted by Gasteiger charge is -2.12. The highest BCUT2D eigenvalue weighted by molar-refractivity contribution is 5.79. The largest absolute Gasteiger partial charge is 0.391 e. The molecule has 1 rings (SSSR count). The van der Waals surface area contributed by atoms with E-state index in [0.717, 1.165) is 19.5 Å². The molecule has 0 spiro atoms. The molecule has 0 aromatic rings. The number of aliphatic hydroxyl groups is 1. The smallest absolute Gasteiger partial charge is 0.224 e. The Labute approximate surface area is 90.2 Å². The highest BCUT2D eigenvalue weighted by atomic mass is 16.5. The van der Waals surface area contributed by atoms with Gasteiger partial charge in [0.15, 0.2) is 0 Å². The summed E-state index contributed by atoms with van der Waals surface area (Å²) in [5.74, 6) is 0.189. The lowest BCUT2D eigenvalue weighted by Crippen LogP contribution is -2.34. The molecule has 1 amide bonds. The average Bonchev–Trinajstić information content (AvgIpc) is 2.70. The Morgan fingerprint density at radius 1 is 1.73 bits per heavy atom. The molecule has 3 N–H and O–H groups in total. The number of aliphatic hydroxyl groups excluding tert-OH is 1. The number of methoxy groups -OCH3 is 1. The summed E-state index contributed by atoms with van der Waals surface area (Å²) in [6.45, 7) is 2.53. The Bertz CT molecular complexity index is 193. The van der Waals surface area contributed by atoms with Crippen LogP contribution in [-0.4, -0.2) is 50.5 Å². The zero-order chi connectivity index (χ0) is 11.1. The van der Waals surface area contributed by atoms with Crippen molar-refractivity contribution in [1.29, 1.82) is 0 Å². The van der Waals surface area contributed by atoms with Crippen molar-refractivity contribution in [1.82, 2.24) is 10.6 Å². The number of ether oxygens (including phenoxy) is 1. The molecule has 0 radical (unpaired) electrons. The number of nitrogens with one attached hydrogen (secondary N) is 2. The second kappa shape index (κ2) is 6.76. The first-order chi connectivity index (χ1) is 7.24. The number of amides is 1. The minimum Gasteiger partial charge on any atom is -0.391 e. The van der Waals surface area contributed by atoms with E-state index in [1.54, 1.807) is 7.11 Å². The summed E-state index contributed by atoms with van der Waals surface area (Å²) in [5.41, 5.74) is 0. The lowest BCUT2D eigenvalue weighted by atomic mass is 10.1. The van der Waals surface area contributed by atoms with Crippen LogP contribution < -0.4 is 10.6 Å². The van der Waals surface area contributed by atoms with E-state index < -0.39 is 6.10 Å². The molecule has 1 saturated heterocycles. The Morgan fingerprint density at radius 2 is 2.53 bits per heavy atom. The standard InChI is InChI=1S/C10H20N2O3/c1-15-7-9(13)3-5-12-10(14)8-2-4-11-6-8/h8-9,11,13H,2-7H2,1H3,(H,12,14). The van der Waals surface area contributed by atoms with Crippen LogP contribution in [0.5, 0.6) is 0 Å². The molecule has 0 aromatic heterocycles. The molecule has 5 nitrogen and oxygen atoms in total. The Hall–Kier alpha value is -0.650. The van der Waals surface area contributed by atoms with Crippen LogP contribution in [0.25, 0.3) is 0 Å². The third kappa shape index (κ3) is 4.59. The molecule has 1 aliphatic rings. The number of carbonyl (C=O) groups excluding carboxylic acids is 1. The molecule has 0 aliphatic carbocycles. The summed E-state index contributed by atoms with van der Waals surface area (Å²) in [6.07, 6.45) is 0.962. The molecule has 2 unspecified atom stereocenters. The third-order valence-corrected chi connectivity index (χ3v) is 2.57. The quantitative estimate of drug-likeness (QED) is 0.538. The lowest BCUT2D eigenvalue weighted by molar-refractivity contribution is -0.124. The van der Waals surface area contributed by atoms with Crippen LogP contribution in [0.1, 0.15) is 12.8 Å². The van der Waals surface area contributed by atoms with Crippen molar-refractivity contribution in [2.75, 3.05) is 33.4 Å². The summed E-state index contributed by atoms with van der Waals surface area (Å²) in [4.78, 5) is 11.5. The number of hydrogen-bond donors (Lipinski definition) is 3. The topological polar surface area (TPSA) is 70.6 Å². The predicted octanol–water partition coefficient (Wildman–Crippen LogP) is -0.890. The average molecular weight is 216 g/mol. The SMILES string of the molecule is COCC(O)CCNC(=O)C1CCNC1. The highest BCUT2D eigenvalue weighted by Gasteiger charge is 2.21. The van der Waals surface area contributed by atoms with Gasteiger partial charge < -0.3 is 20.5 Å². The van der Waals surface area contributed by atoms with Gasteiger partial charge in [0, 0.05) is 20.2 Å². The van der Waals surface area contributed by atoms with E-state index in [-0.39, 0.29) is 11.8 Å². The Morgan fingerprint density at radius 3 is 3.13 bits per heavy atom. The second-order valence-electron chi connectivity index (χ2n) is 3.88. The van der Waals surface area contributed by atoms with Crippen LogP contribution >= 0.6 is 0 Å². The first-order valence-electron chi connectivity index (χ1n) is 5.39. The maximum Gasteiger partial charge on any atom is 0.224 e. The van der Waals surface area contributed by atoms with Gasteiger partial charge in [0.2, 0.25) is 5.91 Å². The van der Waals surface area contributed by atoms with Gasteiger partial charge in [0.1, 0.15) is 0 Å². The first kappa shape index (κ1) is 12.4. The molecule has 5 heteroatoms. The van der Waals surface area contributed by atoms with Gasteiger partial charge in [-0.2, -0.15) is 0 Å². The zero-order valence-electron chi connectivity index (χ0n) is 9.16. The molecule has 88 valence electrons. The van der Waals surface area contributed by atoms with E-state index in [2.05, 4.69) is 10.6 Å². The van der Waals surface area contributed by atoms with Crippen molar-refractivity contribution in [3.8, 4) is 0 Å².